The first kappa shape index (κ1) is 16.3. The number of nitrogens with zero attached hydrogens (tertiary/aromatic N) is 4. The van der Waals surface area contributed by atoms with Crippen LogP contribution < -0.4 is 10.2 Å². The van der Waals surface area contributed by atoms with Gasteiger partial charge in [0.05, 0.1) is 15.7 Å². The van der Waals surface area contributed by atoms with E-state index in [2.05, 4.69) is 32.0 Å². The molecule has 7 heteroatoms. The zero-order valence-electron chi connectivity index (χ0n) is 13.0. The molecule has 0 aliphatic carbocycles. The van der Waals surface area contributed by atoms with Crippen LogP contribution in [0.25, 0.3) is 0 Å². The van der Waals surface area contributed by atoms with Crippen molar-refractivity contribution >= 4 is 40.7 Å². The maximum Gasteiger partial charge on any atom is 0.227 e. The third-order valence-electron chi connectivity index (χ3n) is 3.96. The van der Waals surface area contributed by atoms with Gasteiger partial charge in [0.2, 0.25) is 5.95 Å². The monoisotopic (exact) mass is 351 g/mol. The highest BCUT2D eigenvalue weighted by Crippen LogP contribution is 2.32. The number of benzene rings is 1. The van der Waals surface area contributed by atoms with Gasteiger partial charge in [-0.25, -0.2) is 4.98 Å². The summed E-state index contributed by atoms with van der Waals surface area (Å²) in [4.78, 5) is 13.6. The molecule has 0 spiro atoms. The molecule has 1 aliphatic heterocycles. The van der Waals surface area contributed by atoms with Crippen molar-refractivity contribution in [1.82, 2.24) is 14.9 Å². The van der Waals surface area contributed by atoms with Crippen molar-refractivity contribution < 1.29 is 0 Å². The summed E-state index contributed by atoms with van der Waals surface area (Å²) in [6.45, 7) is 7.21. The Kier molecular flexibility index (Phi) is 5.20. The van der Waals surface area contributed by atoms with E-state index in [0.717, 1.165) is 38.7 Å². The Hall–Kier alpha value is -1.56. The van der Waals surface area contributed by atoms with Crippen molar-refractivity contribution in [3.05, 3.63) is 40.5 Å². The summed E-state index contributed by atoms with van der Waals surface area (Å²) in [5.74, 6) is 1.41. The van der Waals surface area contributed by atoms with Crippen molar-refractivity contribution in [3.63, 3.8) is 0 Å². The maximum atomic E-state index is 6.19. The maximum absolute atomic E-state index is 6.19. The smallest absolute Gasteiger partial charge is 0.227 e. The molecule has 1 N–H and O–H groups in total. The first-order valence-electron chi connectivity index (χ1n) is 7.68. The highest BCUT2D eigenvalue weighted by molar-refractivity contribution is 6.39. The molecule has 0 atom stereocenters. The fraction of sp³-hybridized carbons (Fsp3) is 0.375. The first-order chi connectivity index (χ1) is 11.2. The summed E-state index contributed by atoms with van der Waals surface area (Å²) in [7, 11) is 0. The van der Waals surface area contributed by atoms with Gasteiger partial charge in [0, 0.05) is 32.4 Å². The molecule has 3 rings (SSSR count). The van der Waals surface area contributed by atoms with E-state index in [1.807, 2.05) is 12.1 Å². The highest BCUT2D eigenvalue weighted by Gasteiger charge is 2.18. The third kappa shape index (κ3) is 3.86. The summed E-state index contributed by atoms with van der Waals surface area (Å²) in [6.07, 6.45) is 1.75. The van der Waals surface area contributed by atoms with Gasteiger partial charge < -0.3 is 15.1 Å². The minimum absolute atomic E-state index is 0.564. The number of rotatable bonds is 4. The molecule has 1 aliphatic rings. The number of para-hydroxylation sites is 1. The molecule has 1 aromatic carbocycles. The third-order valence-corrected chi connectivity index (χ3v) is 4.59. The van der Waals surface area contributed by atoms with Crippen LogP contribution in [0.2, 0.25) is 10.0 Å². The van der Waals surface area contributed by atoms with Crippen molar-refractivity contribution in [3.8, 4) is 0 Å². The van der Waals surface area contributed by atoms with Crippen LogP contribution in [0, 0.1) is 0 Å². The van der Waals surface area contributed by atoms with Crippen LogP contribution in [0.3, 0.4) is 0 Å². The van der Waals surface area contributed by atoms with Crippen molar-refractivity contribution in [2.45, 2.75) is 6.92 Å². The molecule has 0 radical (unpaired) electrons. The molecule has 1 saturated heterocycles. The van der Waals surface area contributed by atoms with Crippen molar-refractivity contribution in [2.24, 2.45) is 0 Å². The van der Waals surface area contributed by atoms with Gasteiger partial charge in [0.25, 0.3) is 0 Å². The van der Waals surface area contributed by atoms with Gasteiger partial charge in [-0.3, -0.25) is 0 Å². The summed E-state index contributed by atoms with van der Waals surface area (Å²) in [5, 5.41) is 4.32. The number of nitrogens with one attached hydrogen (secondary N) is 1. The van der Waals surface area contributed by atoms with E-state index in [4.69, 9.17) is 23.2 Å². The van der Waals surface area contributed by atoms with Crippen LogP contribution in [-0.4, -0.2) is 47.6 Å². The Morgan fingerprint density at radius 2 is 1.78 bits per heavy atom. The lowest BCUT2D eigenvalue weighted by Crippen LogP contribution is -2.46. The molecule has 1 fully saturated rings. The Morgan fingerprint density at radius 3 is 2.43 bits per heavy atom. The van der Waals surface area contributed by atoms with Crippen LogP contribution in [-0.2, 0) is 0 Å². The van der Waals surface area contributed by atoms with E-state index in [9.17, 15) is 0 Å². The Morgan fingerprint density at radius 1 is 1.09 bits per heavy atom. The van der Waals surface area contributed by atoms with Gasteiger partial charge in [0.1, 0.15) is 5.82 Å². The van der Waals surface area contributed by atoms with E-state index in [-0.39, 0.29) is 0 Å². The molecule has 2 aromatic rings. The summed E-state index contributed by atoms with van der Waals surface area (Å²) < 4.78 is 0. The van der Waals surface area contributed by atoms with Crippen molar-refractivity contribution in [1.29, 1.82) is 0 Å². The largest absolute Gasteiger partial charge is 0.338 e. The number of piperazine rings is 1. The number of hydrogen-bond donors (Lipinski definition) is 1. The zero-order valence-corrected chi connectivity index (χ0v) is 14.5. The fourth-order valence-corrected chi connectivity index (χ4v) is 3.07. The van der Waals surface area contributed by atoms with Crippen molar-refractivity contribution in [2.75, 3.05) is 42.9 Å². The SMILES string of the molecule is CCN1CCN(c2nccc(Nc3c(Cl)cccc3Cl)n2)CC1. The molecule has 0 bridgehead atoms. The first-order valence-corrected chi connectivity index (χ1v) is 8.44. The average molecular weight is 352 g/mol. The topological polar surface area (TPSA) is 44.3 Å². The molecule has 122 valence electrons. The van der Waals surface area contributed by atoms with E-state index in [1.165, 1.54) is 0 Å². The highest BCUT2D eigenvalue weighted by atomic mass is 35.5. The van der Waals surface area contributed by atoms with Gasteiger partial charge in [-0.2, -0.15) is 4.98 Å². The van der Waals surface area contributed by atoms with E-state index >= 15 is 0 Å². The molecule has 2 heterocycles. The number of aromatic nitrogens is 2. The second-order valence-electron chi connectivity index (χ2n) is 5.38. The predicted molar refractivity (Wildman–Crippen MR) is 96.1 cm³/mol. The number of hydrogen-bond acceptors (Lipinski definition) is 5. The van der Waals surface area contributed by atoms with Crippen LogP contribution in [0.1, 0.15) is 6.92 Å². The van der Waals surface area contributed by atoms with Gasteiger partial charge in [-0.05, 0) is 24.7 Å². The standard InChI is InChI=1S/C16H19Cl2N5/c1-2-22-8-10-23(11-9-22)16-19-7-6-14(21-16)20-15-12(17)4-3-5-13(15)18/h3-7H,2,8-11H2,1H3,(H,19,20,21). The molecular formula is C16H19Cl2N5. The normalized spacial score (nSPS) is 15.7. The molecule has 23 heavy (non-hydrogen) atoms. The van der Waals surface area contributed by atoms with Crippen LogP contribution in [0.5, 0.6) is 0 Å². The van der Waals surface area contributed by atoms with E-state index in [1.54, 1.807) is 18.3 Å². The molecule has 0 unspecified atom stereocenters. The molecule has 1 aromatic heterocycles. The van der Waals surface area contributed by atoms with Gasteiger partial charge in [-0.15, -0.1) is 0 Å². The van der Waals surface area contributed by atoms with Gasteiger partial charge in [-0.1, -0.05) is 36.2 Å². The van der Waals surface area contributed by atoms with Crippen LogP contribution in [0.4, 0.5) is 17.5 Å². The average Bonchev–Trinajstić information content (AvgIpc) is 2.59. The number of likely N-dealkylation sites (N-methyl/N-ethyl adjacent to an activating group) is 1. The lowest BCUT2D eigenvalue weighted by atomic mass is 10.3. The molecule has 5 nitrogen and oxygen atoms in total. The molecule has 0 saturated carbocycles. The minimum Gasteiger partial charge on any atom is -0.338 e. The second-order valence-corrected chi connectivity index (χ2v) is 6.20. The Labute approximate surface area is 146 Å². The Bertz CT molecular complexity index is 651. The van der Waals surface area contributed by atoms with Crippen LogP contribution >= 0.6 is 23.2 Å². The van der Waals surface area contributed by atoms with Gasteiger partial charge >= 0.3 is 0 Å². The molecular weight excluding hydrogens is 333 g/mol. The van der Waals surface area contributed by atoms with E-state index in [0.29, 0.717) is 21.6 Å². The lowest BCUT2D eigenvalue weighted by molar-refractivity contribution is 0.270. The quantitative estimate of drug-likeness (QED) is 0.910. The zero-order chi connectivity index (χ0) is 16.2. The summed E-state index contributed by atoms with van der Waals surface area (Å²) in [5.41, 5.74) is 0.663. The molecule has 0 amide bonds. The summed E-state index contributed by atoms with van der Waals surface area (Å²) >= 11 is 12.4. The minimum atomic E-state index is 0.564. The Balaban J connectivity index is 1.75. The predicted octanol–water partition coefficient (Wildman–Crippen LogP) is 3.67. The number of anilines is 3. The van der Waals surface area contributed by atoms with E-state index < -0.39 is 0 Å². The van der Waals surface area contributed by atoms with Gasteiger partial charge in [0.15, 0.2) is 0 Å². The van der Waals surface area contributed by atoms with Crippen LogP contribution in [0.15, 0.2) is 30.5 Å². The number of halogens is 2. The fourth-order valence-electron chi connectivity index (χ4n) is 2.58. The lowest BCUT2D eigenvalue weighted by Gasteiger charge is -2.34. The summed E-state index contributed by atoms with van der Waals surface area (Å²) in [6, 6.07) is 7.21. The second kappa shape index (κ2) is 7.34.